The lowest BCUT2D eigenvalue weighted by atomic mass is 10.0. The Hall–Kier alpha value is -1.84. The van der Waals surface area contributed by atoms with Crippen molar-refractivity contribution in [2.45, 2.75) is 34.2 Å². The molecule has 96 valence electrons. The summed E-state index contributed by atoms with van der Waals surface area (Å²) in [5.74, 6) is 1.78. The average molecular weight is 244 g/mol. The van der Waals surface area contributed by atoms with Crippen LogP contribution in [0.25, 0.3) is 11.4 Å². The number of hydrogen-bond donors (Lipinski definition) is 1. The van der Waals surface area contributed by atoms with E-state index in [4.69, 9.17) is 0 Å². The second kappa shape index (κ2) is 5.21. The van der Waals surface area contributed by atoms with Gasteiger partial charge < -0.3 is 5.32 Å². The third kappa shape index (κ3) is 2.10. The van der Waals surface area contributed by atoms with E-state index in [2.05, 4.69) is 66.0 Å². The minimum atomic E-state index is 0.843. The van der Waals surface area contributed by atoms with Crippen molar-refractivity contribution in [3.05, 3.63) is 29.3 Å². The van der Waals surface area contributed by atoms with Gasteiger partial charge in [0.1, 0.15) is 0 Å². The fraction of sp³-hybridized carbons (Fsp3) is 0.429. The van der Waals surface area contributed by atoms with Gasteiger partial charge in [-0.25, -0.2) is 0 Å². The Kier molecular flexibility index (Phi) is 3.65. The molecule has 0 radical (unpaired) electrons. The number of aryl methyl sites for hydroxylation is 1. The Balaban J connectivity index is 2.53. The fourth-order valence-corrected chi connectivity index (χ4v) is 2.08. The molecule has 0 atom stereocenters. The molecule has 4 nitrogen and oxygen atoms in total. The largest absolute Gasteiger partial charge is 0.355 e. The van der Waals surface area contributed by atoms with Gasteiger partial charge in [0.05, 0.1) is 0 Å². The number of nitrogens with zero attached hydrogens (tertiary/aromatic N) is 3. The van der Waals surface area contributed by atoms with Gasteiger partial charge in [-0.2, -0.15) is 0 Å². The lowest BCUT2D eigenvalue weighted by Crippen LogP contribution is -2.07. The fourth-order valence-electron chi connectivity index (χ4n) is 2.08. The van der Waals surface area contributed by atoms with E-state index in [9.17, 15) is 0 Å². The molecular formula is C14H20N4. The highest BCUT2D eigenvalue weighted by Crippen LogP contribution is 2.25. The predicted molar refractivity (Wildman–Crippen MR) is 74.8 cm³/mol. The first kappa shape index (κ1) is 12.6. The first-order valence-corrected chi connectivity index (χ1v) is 6.42. The van der Waals surface area contributed by atoms with E-state index >= 15 is 0 Å². The van der Waals surface area contributed by atoms with Crippen molar-refractivity contribution >= 4 is 5.95 Å². The van der Waals surface area contributed by atoms with Crippen LogP contribution in [0.2, 0.25) is 0 Å². The van der Waals surface area contributed by atoms with Crippen molar-refractivity contribution < 1.29 is 0 Å². The Morgan fingerprint density at radius 1 is 1.17 bits per heavy atom. The van der Waals surface area contributed by atoms with Gasteiger partial charge in [-0.3, -0.25) is 4.57 Å². The van der Waals surface area contributed by atoms with Gasteiger partial charge in [-0.15, -0.1) is 10.2 Å². The van der Waals surface area contributed by atoms with E-state index in [1.165, 1.54) is 11.1 Å². The van der Waals surface area contributed by atoms with Crippen LogP contribution in [0.3, 0.4) is 0 Å². The quantitative estimate of drug-likeness (QED) is 0.899. The third-order valence-electron chi connectivity index (χ3n) is 3.25. The van der Waals surface area contributed by atoms with Crippen LogP contribution in [-0.2, 0) is 6.54 Å². The molecular weight excluding hydrogens is 224 g/mol. The van der Waals surface area contributed by atoms with Crippen LogP contribution >= 0.6 is 0 Å². The molecule has 0 aliphatic rings. The molecule has 1 N–H and O–H groups in total. The predicted octanol–water partition coefficient (Wildman–Crippen LogP) is 3.01. The van der Waals surface area contributed by atoms with Crippen molar-refractivity contribution in [3.63, 3.8) is 0 Å². The summed E-state index contributed by atoms with van der Waals surface area (Å²) in [6.45, 7) is 10.1. The molecule has 0 aliphatic heterocycles. The molecule has 1 aromatic carbocycles. The monoisotopic (exact) mass is 244 g/mol. The van der Waals surface area contributed by atoms with E-state index in [1.54, 1.807) is 0 Å². The second-order valence-corrected chi connectivity index (χ2v) is 4.37. The van der Waals surface area contributed by atoms with E-state index in [1.807, 2.05) is 0 Å². The number of benzene rings is 1. The van der Waals surface area contributed by atoms with Gasteiger partial charge in [0.2, 0.25) is 5.95 Å². The highest BCUT2D eigenvalue weighted by molar-refractivity contribution is 5.63. The maximum atomic E-state index is 4.33. The van der Waals surface area contributed by atoms with Gasteiger partial charge in [-0.1, -0.05) is 18.2 Å². The van der Waals surface area contributed by atoms with Crippen LogP contribution in [0.15, 0.2) is 18.2 Å². The number of rotatable bonds is 4. The zero-order valence-electron chi connectivity index (χ0n) is 11.5. The minimum absolute atomic E-state index is 0.843. The van der Waals surface area contributed by atoms with Gasteiger partial charge in [0, 0.05) is 18.7 Å². The number of hydrogen-bond acceptors (Lipinski definition) is 3. The molecule has 0 unspecified atom stereocenters. The Labute approximate surface area is 108 Å². The Bertz CT molecular complexity index is 543. The number of aromatic nitrogens is 3. The van der Waals surface area contributed by atoms with E-state index in [0.29, 0.717) is 0 Å². The SMILES string of the molecule is CCNc1nnc(-c2cccc(C)c2C)n1CC. The summed E-state index contributed by atoms with van der Waals surface area (Å²) in [6, 6.07) is 6.30. The maximum Gasteiger partial charge on any atom is 0.224 e. The lowest BCUT2D eigenvalue weighted by Gasteiger charge is -2.11. The third-order valence-corrected chi connectivity index (χ3v) is 3.25. The van der Waals surface area contributed by atoms with Gasteiger partial charge in [0.15, 0.2) is 5.82 Å². The first-order valence-electron chi connectivity index (χ1n) is 6.42. The van der Waals surface area contributed by atoms with Crippen molar-refractivity contribution in [1.82, 2.24) is 14.8 Å². The minimum Gasteiger partial charge on any atom is -0.355 e. The lowest BCUT2D eigenvalue weighted by molar-refractivity contribution is 0.770. The number of anilines is 1. The van der Waals surface area contributed by atoms with Gasteiger partial charge in [-0.05, 0) is 38.8 Å². The number of nitrogens with one attached hydrogen (secondary N) is 1. The Morgan fingerprint density at radius 3 is 2.61 bits per heavy atom. The molecule has 0 saturated heterocycles. The topological polar surface area (TPSA) is 42.7 Å². The van der Waals surface area contributed by atoms with Crippen LogP contribution in [0.1, 0.15) is 25.0 Å². The highest BCUT2D eigenvalue weighted by atomic mass is 15.3. The summed E-state index contributed by atoms with van der Waals surface area (Å²) in [5, 5.41) is 11.8. The highest BCUT2D eigenvalue weighted by Gasteiger charge is 2.14. The normalized spacial score (nSPS) is 10.7. The van der Waals surface area contributed by atoms with E-state index < -0.39 is 0 Å². The van der Waals surface area contributed by atoms with Gasteiger partial charge in [0.25, 0.3) is 0 Å². The first-order chi connectivity index (χ1) is 8.69. The van der Waals surface area contributed by atoms with Crippen molar-refractivity contribution in [2.24, 2.45) is 0 Å². The molecule has 0 saturated carbocycles. The van der Waals surface area contributed by atoms with Crippen LogP contribution in [0.4, 0.5) is 5.95 Å². The summed E-state index contributed by atoms with van der Waals surface area (Å²) >= 11 is 0. The maximum absolute atomic E-state index is 4.33. The van der Waals surface area contributed by atoms with Gasteiger partial charge >= 0.3 is 0 Å². The van der Waals surface area contributed by atoms with Crippen molar-refractivity contribution in [1.29, 1.82) is 0 Å². The summed E-state index contributed by atoms with van der Waals surface area (Å²) in [7, 11) is 0. The van der Waals surface area contributed by atoms with Crippen molar-refractivity contribution in [3.8, 4) is 11.4 Å². The van der Waals surface area contributed by atoms with Crippen LogP contribution in [-0.4, -0.2) is 21.3 Å². The zero-order valence-corrected chi connectivity index (χ0v) is 11.5. The van der Waals surface area contributed by atoms with Crippen LogP contribution in [0.5, 0.6) is 0 Å². The smallest absolute Gasteiger partial charge is 0.224 e. The standard InChI is InChI=1S/C14H20N4/c1-5-15-14-17-16-13(18(14)6-2)12-9-7-8-10(3)11(12)4/h7-9H,5-6H2,1-4H3,(H,15,17). The molecule has 2 aromatic rings. The van der Waals surface area contributed by atoms with Crippen molar-refractivity contribution in [2.75, 3.05) is 11.9 Å². The van der Waals surface area contributed by atoms with Crippen LogP contribution < -0.4 is 5.32 Å². The van der Waals surface area contributed by atoms with E-state index in [-0.39, 0.29) is 0 Å². The summed E-state index contributed by atoms with van der Waals surface area (Å²) < 4.78 is 2.12. The molecule has 1 heterocycles. The molecule has 2 rings (SSSR count). The van der Waals surface area contributed by atoms with E-state index in [0.717, 1.165) is 30.4 Å². The molecule has 0 amide bonds. The summed E-state index contributed by atoms with van der Waals surface area (Å²) in [5.41, 5.74) is 3.71. The molecule has 1 aromatic heterocycles. The molecule has 0 fully saturated rings. The van der Waals surface area contributed by atoms with Crippen LogP contribution in [0, 0.1) is 13.8 Å². The molecule has 0 aliphatic carbocycles. The Morgan fingerprint density at radius 2 is 1.94 bits per heavy atom. The summed E-state index contributed by atoms with van der Waals surface area (Å²) in [6.07, 6.45) is 0. The molecule has 18 heavy (non-hydrogen) atoms. The molecule has 4 heteroatoms. The average Bonchev–Trinajstić information content (AvgIpc) is 2.76. The zero-order chi connectivity index (χ0) is 13.1. The molecule has 0 bridgehead atoms. The molecule has 0 spiro atoms. The second-order valence-electron chi connectivity index (χ2n) is 4.37. The summed E-state index contributed by atoms with van der Waals surface area (Å²) in [4.78, 5) is 0.